The number of esters is 1. The van der Waals surface area contributed by atoms with Crippen molar-refractivity contribution in [2.75, 3.05) is 20.8 Å². The third kappa shape index (κ3) is 3.99. The number of halogens is 1. The highest BCUT2D eigenvalue weighted by atomic mass is 35.5. The summed E-state index contributed by atoms with van der Waals surface area (Å²) in [6, 6.07) is 10.1. The van der Waals surface area contributed by atoms with Gasteiger partial charge in [-0.2, -0.15) is 0 Å². The molecule has 1 aromatic heterocycles. The molecule has 0 amide bonds. The molecule has 0 saturated heterocycles. The van der Waals surface area contributed by atoms with Crippen molar-refractivity contribution < 1.29 is 28.2 Å². The van der Waals surface area contributed by atoms with Crippen molar-refractivity contribution in [1.29, 1.82) is 0 Å². The number of hydrogen-bond donors (Lipinski definition) is 0. The van der Waals surface area contributed by atoms with Crippen LogP contribution in [0.25, 0.3) is 11.0 Å². The molecule has 8 heteroatoms. The quantitative estimate of drug-likeness (QED) is 0.460. The van der Waals surface area contributed by atoms with Crippen LogP contribution in [0.15, 0.2) is 51.7 Å². The lowest BCUT2D eigenvalue weighted by molar-refractivity contribution is 0.0443. The summed E-state index contributed by atoms with van der Waals surface area (Å²) in [6.45, 7) is -0.552. The molecule has 1 heterocycles. The molecule has 0 bridgehead atoms. The van der Waals surface area contributed by atoms with Gasteiger partial charge >= 0.3 is 5.97 Å². The van der Waals surface area contributed by atoms with E-state index in [0.717, 1.165) is 6.07 Å². The maximum absolute atomic E-state index is 12.4. The van der Waals surface area contributed by atoms with Gasteiger partial charge in [0.25, 0.3) is 0 Å². The molecule has 0 N–H and O–H groups in total. The molecule has 0 radical (unpaired) electrons. The summed E-state index contributed by atoms with van der Waals surface area (Å²) in [5.74, 6) is -0.926. The molecular weight excluding hydrogens is 388 g/mol. The Labute approximate surface area is 164 Å². The maximum Gasteiger partial charge on any atom is 0.374 e. The van der Waals surface area contributed by atoms with E-state index in [1.807, 2.05) is 0 Å². The van der Waals surface area contributed by atoms with Crippen LogP contribution in [0, 0.1) is 0 Å². The van der Waals surface area contributed by atoms with Crippen LogP contribution in [0.5, 0.6) is 11.5 Å². The fourth-order valence-corrected chi connectivity index (χ4v) is 2.71. The van der Waals surface area contributed by atoms with Gasteiger partial charge in [-0.15, -0.1) is 0 Å². The summed E-state index contributed by atoms with van der Waals surface area (Å²) in [5.41, 5.74) is -0.0310. The van der Waals surface area contributed by atoms with Crippen molar-refractivity contribution in [1.82, 2.24) is 0 Å². The van der Waals surface area contributed by atoms with Crippen molar-refractivity contribution in [3.05, 3.63) is 69.0 Å². The van der Waals surface area contributed by atoms with E-state index in [1.165, 1.54) is 38.5 Å². The third-order valence-corrected chi connectivity index (χ3v) is 4.17. The molecule has 0 spiro atoms. The first-order chi connectivity index (χ1) is 13.4. The number of ketones is 1. The Balaban J connectivity index is 1.77. The Morgan fingerprint density at radius 1 is 1.04 bits per heavy atom. The zero-order valence-electron chi connectivity index (χ0n) is 15.0. The monoisotopic (exact) mass is 402 g/mol. The fourth-order valence-electron chi connectivity index (χ4n) is 2.54. The zero-order chi connectivity index (χ0) is 20.3. The molecular formula is C20H15ClO7. The lowest BCUT2D eigenvalue weighted by atomic mass is 10.1. The van der Waals surface area contributed by atoms with Crippen LogP contribution in [-0.4, -0.2) is 32.6 Å². The molecule has 2 aromatic carbocycles. The van der Waals surface area contributed by atoms with Crippen LogP contribution >= 0.6 is 11.6 Å². The van der Waals surface area contributed by atoms with Gasteiger partial charge in [0.05, 0.1) is 25.2 Å². The van der Waals surface area contributed by atoms with E-state index in [-0.39, 0.29) is 28.0 Å². The normalized spacial score (nSPS) is 10.5. The highest BCUT2D eigenvalue weighted by Gasteiger charge is 2.19. The average Bonchev–Trinajstić information content (AvgIpc) is 2.71. The highest BCUT2D eigenvalue weighted by Crippen LogP contribution is 2.25. The number of ether oxygens (including phenoxy) is 3. The zero-order valence-corrected chi connectivity index (χ0v) is 15.7. The molecule has 0 atom stereocenters. The van der Waals surface area contributed by atoms with Gasteiger partial charge in [-0.3, -0.25) is 9.59 Å². The van der Waals surface area contributed by atoms with Gasteiger partial charge < -0.3 is 18.6 Å². The van der Waals surface area contributed by atoms with Crippen molar-refractivity contribution in [3.63, 3.8) is 0 Å². The van der Waals surface area contributed by atoms with Crippen molar-refractivity contribution in [2.24, 2.45) is 0 Å². The smallest absolute Gasteiger partial charge is 0.374 e. The lowest BCUT2D eigenvalue weighted by Crippen LogP contribution is -2.16. The van der Waals surface area contributed by atoms with Crippen LogP contribution in [-0.2, 0) is 4.74 Å². The fraction of sp³-hybridized carbons (Fsp3) is 0.150. The second-order valence-electron chi connectivity index (χ2n) is 5.68. The summed E-state index contributed by atoms with van der Waals surface area (Å²) in [5, 5.41) is 0.609. The van der Waals surface area contributed by atoms with Gasteiger partial charge in [-0.25, -0.2) is 4.79 Å². The average molecular weight is 403 g/mol. The first-order valence-electron chi connectivity index (χ1n) is 8.08. The highest BCUT2D eigenvalue weighted by molar-refractivity contribution is 6.31. The van der Waals surface area contributed by atoms with E-state index in [9.17, 15) is 14.4 Å². The number of fused-ring (bicyclic) bond motifs is 1. The second-order valence-corrected chi connectivity index (χ2v) is 6.12. The Bertz CT molecular complexity index is 1120. The van der Waals surface area contributed by atoms with Gasteiger partial charge in [0.2, 0.25) is 11.5 Å². The standard InChI is InChI=1S/C20H15ClO7/c1-25-12-4-5-13(18(8-12)26-2)16(23)10-27-20(24)19-9-15(22)14-7-11(21)3-6-17(14)28-19/h3-9H,10H2,1-2H3. The van der Waals surface area contributed by atoms with Crippen molar-refractivity contribution in [2.45, 2.75) is 0 Å². The molecule has 0 aliphatic heterocycles. The molecule has 3 rings (SSSR count). The van der Waals surface area contributed by atoms with Crippen LogP contribution in [0.4, 0.5) is 0 Å². The molecule has 3 aromatic rings. The number of carbonyl (C=O) groups excluding carboxylic acids is 2. The summed E-state index contributed by atoms with van der Waals surface area (Å²) < 4.78 is 20.6. The Morgan fingerprint density at radius 2 is 1.82 bits per heavy atom. The first-order valence-corrected chi connectivity index (χ1v) is 8.46. The second kappa shape index (κ2) is 8.14. The SMILES string of the molecule is COc1ccc(C(=O)COC(=O)c2cc(=O)c3cc(Cl)ccc3o2)c(OC)c1. The number of rotatable bonds is 6. The molecule has 144 valence electrons. The van der Waals surface area contributed by atoms with Gasteiger partial charge in [0.1, 0.15) is 17.1 Å². The maximum atomic E-state index is 12.4. The number of Topliss-reactive ketones (excluding diaryl/α,β-unsaturated/α-hetero) is 1. The topological polar surface area (TPSA) is 92.0 Å². The van der Waals surface area contributed by atoms with E-state index in [4.69, 9.17) is 30.2 Å². The number of benzene rings is 2. The van der Waals surface area contributed by atoms with E-state index < -0.39 is 23.8 Å². The molecule has 0 aliphatic rings. The summed E-state index contributed by atoms with van der Waals surface area (Å²) in [7, 11) is 2.90. The number of methoxy groups -OCH3 is 2. The van der Waals surface area contributed by atoms with E-state index >= 15 is 0 Å². The number of hydrogen-bond acceptors (Lipinski definition) is 7. The molecule has 0 unspecified atom stereocenters. The van der Waals surface area contributed by atoms with Gasteiger partial charge in [-0.1, -0.05) is 11.6 Å². The summed E-state index contributed by atoms with van der Waals surface area (Å²) in [6.07, 6.45) is 0. The van der Waals surface area contributed by atoms with E-state index in [1.54, 1.807) is 12.1 Å². The third-order valence-electron chi connectivity index (χ3n) is 3.93. The van der Waals surface area contributed by atoms with Crippen LogP contribution in [0.3, 0.4) is 0 Å². The molecule has 7 nitrogen and oxygen atoms in total. The summed E-state index contributed by atoms with van der Waals surface area (Å²) in [4.78, 5) is 36.7. The molecule has 0 saturated carbocycles. The van der Waals surface area contributed by atoms with Crippen LogP contribution < -0.4 is 14.9 Å². The van der Waals surface area contributed by atoms with E-state index in [2.05, 4.69) is 0 Å². The predicted molar refractivity (Wildman–Crippen MR) is 102 cm³/mol. The minimum atomic E-state index is -0.935. The van der Waals surface area contributed by atoms with Gasteiger partial charge in [0.15, 0.2) is 12.0 Å². The molecule has 0 fully saturated rings. The minimum absolute atomic E-state index is 0.187. The minimum Gasteiger partial charge on any atom is -0.497 e. The van der Waals surface area contributed by atoms with Crippen LogP contribution in [0.1, 0.15) is 20.9 Å². The molecule has 0 aliphatic carbocycles. The predicted octanol–water partition coefficient (Wildman–Crippen LogP) is 3.50. The first kappa shape index (κ1) is 19.4. The summed E-state index contributed by atoms with van der Waals surface area (Å²) >= 11 is 5.85. The lowest BCUT2D eigenvalue weighted by Gasteiger charge is -2.10. The van der Waals surface area contributed by atoms with Crippen molar-refractivity contribution in [3.8, 4) is 11.5 Å². The largest absolute Gasteiger partial charge is 0.497 e. The van der Waals surface area contributed by atoms with Gasteiger partial charge in [-0.05, 0) is 30.3 Å². The van der Waals surface area contributed by atoms with Crippen LogP contribution in [0.2, 0.25) is 5.02 Å². The Hall–Kier alpha value is -3.32. The number of carbonyl (C=O) groups is 2. The van der Waals surface area contributed by atoms with Gasteiger partial charge in [0, 0.05) is 17.2 Å². The Morgan fingerprint density at radius 3 is 2.54 bits per heavy atom. The Kier molecular flexibility index (Phi) is 5.65. The molecule has 28 heavy (non-hydrogen) atoms. The van der Waals surface area contributed by atoms with Crippen molar-refractivity contribution >= 4 is 34.3 Å². The van der Waals surface area contributed by atoms with E-state index in [0.29, 0.717) is 10.8 Å².